The van der Waals surface area contributed by atoms with Gasteiger partial charge in [0.2, 0.25) is 0 Å². The van der Waals surface area contributed by atoms with Gasteiger partial charge in [0.05, 0.1) is 6.61 Å². The van der Waals surface area contributed by atoms with E-state index >= 15 is 0 Å². The summed E-state index contributed by atoms with van der Waals surface area (Å²) in [6, 6.07) is 0. The highest BCUT2D eigenvalue weighted by atomic mass is 16.6. The summed E-state index contributed by atoms with van der Waals surface area (Å²) >= 11 is 0. The second-order valence-electron chi connectivity index (χ2n) is 15.7. The standard InChI is InChI=1S/C34H60O7/c1-19(2)20(3)7-8-21(4)25-11-12-26-24-10-9-22-17-23(13-15-33(22,5)27(24)14-16-34(25,26)6)41-32(40)31(39)30(38)29(37)28(36)18-35/h19-31,35-39H,7-18H2,1-6H3. The van der Waals surface area contributed by atoms with E-state index in [1.807, 2.05) is 0 Å². The van der Waals surface area contributed by atoms with Gasteiger partial charge in [0.15, 0.2) is 6.10 Å². The van der Waals surface area contributed by atoms with Crippen molar-refractivity contribution in [2.45, 2.75) is 143 Å². The predicted octanol–water partition coefficient (Wildman–Crippen LogP) is 4.70. The molecule has 14 atom stereocenters. The van der Waals surface area contributed by atoms with Crippen molar-refractivity contribution >= 4 is 5.97 Å². The smallest absolute Gasteiger partial charge is 0.338 e. The van der Waals surface area contributed by atoms with Gasteiger partial charge in [-0.15, -0.1) is 0 Å². The second-order valence-corrected chi connectivity index (χ2v) is 15.7. The number of aliphatic hydroxyl groups excluding tert-OH is 5. The lowest BCUT2D eigenvalue weighted by Gasteiger charge is -2.61. The van der Waals surface area contributed by atoms with Crippen molar-refractivity contribution in [3.8, 4) is 0 Å². The largest absolute Gasteiger partial charge is 0.460 e. The molecule has 0 aromatic carbocycles. The van der Waals surface area contributed by atoms with Crippen molar-refractivity contribution in [2.24, 2.45) is 58.2 Å². The van der Waals surface area contributed by atoms with Gasteiger partial charge < -0.3 is 30.3 Å². The number of fused-ring (bicyclic) bond motifs is 5. The average molecular weight is 581 g/mol. The molecular formula is C34H60O7. The lowest BCUT2D eigenvalue weighted by Crippen LogP contribution is -2.55. The third kappa shape index (κ3) is 6.41. The van der Waals surface area contributed by atoms with Crippen molar-refractivity contribution in [3.63, 3.8) is 0 Å². The number of hydrogen-bond acceptors (Lipinski definition) is 7. The molecular weight excluding hydrogens is 520 g/mol. The SMILES string of the molecule is CC(C)C(C)CCC(C)C1CCC2C3CCC4CC(OC(=O)C(O)C(O)C(O)C(O)CO)CCC4(C)C3CCC12C. The summed E-state index contributed by atoms with van der Waals surface area (Å²) in [5.74, 6) is 5.00. The molecule has 0 heterocycles. The molecule has 0 radical (unpaired) electrons. The number of hydrogen-bond donors (Lipinski definition) is 5. The first-order valence-electron chi connectivity index (χ1n) is 16.8. The summed E-state index contributed by atoms with van der Waals surface area (Å²) in [5.41, 5.74) is 0.700. The van der Waals surface area contributed by atoms with Crippen molar-refractivity contribution in [1.29, 1.82) is 0 Å². The van der Waals surface area contributed by atoms with Gasteiger partial charge >= 0.3 is 5.97 Å². The number of ether oxygens (including phenoxy) is 1. The average Bonchev–Trinajstić information content (AvgIpc) is 3.31. The third-order valence-corrected chi connectivity index (χ3v) is 13.4. The monoisotopic (exact) mass is 580 g/mol. The van der Waals surface area contributed by atoms with E-state index in [2.05, 4.69) is 41.5 Å². The van der Waals surface area contributed by atoms with Gasteiger partial charge in [-0.25, -0.2) is 4.79 Å². The summed E-state index contributed by atoms with van der Waals surface area (Å²) in [6.45, 7) is 14.0. The van der Waals surface area contributed by atoms with Crippen LogP contribution in [0.15, 0.2) is 0 Å². The minimum atomic E-state index is -1.97. The van der Waals surface area contributed by atoms with E-state index in [-0.39, 0.29) is 11.5 Å². The number of carbonyl (C=O) groups is 1. The van der Waals surface area contributed by atoms with Gasteiger partial charge in [0.25, 0.3) is 0 Å². The maximum absolute atomic E-state index is 12.6. The highest BCUT2D eigenvalue weighted by molar-refractivity contribution is 5.75. The first-order valence-corrected chi connectivity index (χ1v) is 16.8. The minimum Gasteiger partial charge on any atom is -0.460 e. The maximum atomic E-state index is 12.6. The van der Waals surface area contributed by atoms with Crippen LogP contribution in [0, 0.1) is 58.2 Å². The lowest BCUT2D eigenvalue weighted by atomic mass is 9.44. The molecule has 4 fully saturated rings. The van der Waals surface area contributed by atoms with E-state index in [1.54, 1.807) is 0 Å². The van der Waals surface area contributed by atoms with Gasteiger partial charge in [-0.3, -0.25) is 0 Å². The molecule has 4 aliphatic carbocycles. The Morgan fingerprint density at radius 3 is 2.15 bits per heavy atom. The zero-order chi connectivity index (χ0) is 30.3. The normalized spacial score (nSPS) is 41.4. The Balaban J connectivity index is 1.35. The Hall–Kier alpha value is -0.730. The van der Waals surface area contributed by atoms with Crippen LogP contribution in [0.1, 0.15) is 112 Å². The van der Waals surface area contributed by atoms with Crippen LogP contribution in [0.5, 0.6) is 0 Å². The first kappa shape index (κ1) is 33.2. The quantitative estimate of drug-likeness (QED) is 0.224. The molecule has 238 valence electrons. The van der Waals surface area contributed by atoms with E-state index in [9.17, 15) is 25.2 Å². The Bertz CT molecular complexity index is 879. The van der Waals surface area contributed by atoms with Crippen molar-refractivity contribution in [1.82, 2.24) is 0 Å². The van der Waals surface area contributed by atoms with E-state index < -0.39 is 37.0 Å². The fourth-order valence-electron chi connectivity index (χ4n) is 10.3. The molecule has 0 spiro atoms. The Labute approximate surface area is 248 Å². The van der Waals surface area contributed by atoms with Crippen molar-refractivity contribution in [2.75, 3.05) is 6.61 Å². The van der Waals surface area contributed by atoms with E-state index in [0.717, 1.165) is 61.2 Å². The van der Waals surface area contributed by atoms with E-state index in [1.165, 1.54) is 44.9 Å². The number of aliphatic hydroxyl groups is 5. The highest BCUT2D eigenvalue weighted by Crippen LogP contribution is 2.68. The van der Waals surface area contributed by atoms with Gasteiger partial charge in [-0.2, -0.15) is 0 Å². The molecule has 14 unspecified atom stereocenters. The van der Waals surface area contributed by atoms with Crippen LogP contribution in [0.4, 0.5) is 0 Å². The zero-order valence-corrected chi connectivity index (χ0v) is 26.5. The Morgan fingerprint density at radius 2 is 1.49 bits per heavy atom. The van der Waals surface area contributed by atoms with Crippen LogP contribution >= 0.6 is 0 Å². The molecule has 7 nitrogen and oxygen atoms in total. The summed E-state index contributed by atoms with van der Waals surface area (Å²) in [5, 5.41) is 48.8. The zero-order valence-electron chi connectivity index (χ0n) is 26.5. The fourth-order valence-corrected chi connectivity index (χ4v) is 10.3. The van der Waals surface area contributed by atoms with Crippen LogP contribution in [0.2, 0.25) is 0 Å². The molecule has 7 heteroatoms. The van der Waals surface area contributed by atoms with Crippen LogP contribution in [0.25, 0.3) is 0 Å². The molecule has 41 heavy (non-hydrogen) atoms. The molecule has 0 saturated heterocycles. The van der Waals surface area contributed by atoms with Crippen LogP contribution < -0.4 is 0 Å². The second kappa shape index (κ2) is 13.1. The topological polar surface area (TPSA) is 127 Å². The van der Waals surface area contributed by atoms with Gasteiger partial charge in [-0.1, -0.05) is 54.4 Å². The molecule has 0 aliphatic heterocycles. The Morgan fingerprint density at radius 1 is 0.829 bits per heavy atom. The fraction of sp³-hybridized carbons (Fsp3) is 0.971. The molecule has 0 aromatic heterocycles. The molecule has 4 aliphatic rings. The van der Waals surface area contributed by atoms with Gasteiger partial charge in [0, 0.05) is 0 Å². The number of rotatable bonds is 11. The Kier molecular flexibility index (Phi) is 10.6. The van der Waals surface area contributed by atoms with Crippen molar-refractivity contribution in [3.05, 3.63) is 0 Å². The van der Waals surface area contributed by atoms with Gasteiger partial charge in [0.1, 0.15) is 24.4 Å². The first-order chi connectivity index (χ1) is 19.2. The molecule has 4 saturated carbocycles. The number of esters is 1. The summed E-state index contributed by atoms with van der Waals surface area (Å²) in [7, 11) is 0. The summed E-state index contributed by atoms with van der Waals surface area (Å²) < 4.78 is 5.64. The molecule has 0 amide bonds. The maximum Gasteiger partial charge on any atom is 0.338 e. The van der Waals surface area contributed by atoms with E-state index in [0.29, 0.717) is 17.3 Å². The third-order valence-electron chi connectivity index (χ3n) is 13.4. The molecule has 4 rings (SSSR count). The molecule has 0 bridgehead atoms. The summed E-state index contributed by atoms with van der Waals surface area (Å²) in [6.07, 6.45) is 5.29. The lowest BCUT2D eigenvalue weighted by molar-refractivity contribution is -0.183. The minimum absolute atomic E-state index is 0.239. The number of carbonyl (C=O) groups excluding carboxylic acids is 1. The summed E-state index contributed by atoms with van der Waals surface area (Å²) in [4.78, 5) is 12.6. The van der Waals surface area contributed by atoms with Crippen LogP contribution in [0.3, 0.4) is 0 Å². The highest BCUT2D eigenvalue weighted by Gasteiger charge is 2.60. The van der Waals surface area contributed by atoms with Crippen LogP contribution in [-0.2, 0) is 9.53 Å². The predicted molar refractivity (Wildman–Crippen MR) is 159 cm³/mol. The van der Waals surface area contributed by atoms with E-state index in [4.69, 9.17) is 9.84 Å². The van der Waals surface area contributed by atoms with Crippen LogP contribution in [-0.4, -0.2) is 68.6 Å². The molecule has 0 aromatic rings. The molecule has 5 N–H and O–H groups in total. The van der Waals surface area contributed by atoms with Gasteiger partial charge in [-0.05, 0) is 116 Å². The van der Waals surface area contributed by atoms with Crippen molar-refractivity contribution < 1.29 is 35.1 Å².